The predicted octanol–water partition coefficient (Wildman–Crippen LogP) is 5.28. The van der Waals surface area contributed by atoms with E-state index in [9.17, 15) is 0 Å². The van der Waals surface area contributed by atoms with E-state index in [-0.39, 0.29) is 0 Å². The van der Waals surface area contributed by atoms with Crippen molar-refractivity contribution in [3.05, 3.63) is 0 Å². The van der Waals surface area contributed by atoms with Crippen molar-refractivity contribution in [2.75, 3.05) is 0 Å². The van der Waals surface area contributed by atoms with Gasteiger partial charge in [0.05, 0.1) is 0 Å². The fourth-order valence-electron chi connectivity index (χ4n) is 4.57. The van der Waals surface area contributed by atoms with Gasteiger partial charge in [0, 0.05) is 0 Å². The molecule has 0 nitrogen and oxygen atoms in total. The lowest BCUT2D eigenvalue weighted by molar-refractivity contribution is -0.130. The van der Waals surface area contributed by atoms with Crippen molar-refractivity contribution < 1.29 is 0 Å². The molecule has 2 saturated carbocycles. The molecule has 3 atom stereocenters. The Morgan fingerprint density at radius 1 is 1.19 bits per heavy atom. The van der Waals surface area contributed by atoms with E-state index in [1.165, 1.54) is 38.5 Å². The third kappa shape index (κ3) is 2.17. The second kappa shape index (κ2) is 4.70. The van der Waals surface area contributed by atoms with Gasteiger partial charge < -0.3 is 0 Å². The molecule has 2 rings (SSSR count). The summed E-state index contributed by atoms with van der Waals surface area (Å²) in [4.78, 5) is 0. The molecule has 2 aliphatic rings. The average Bonchev–Trinajstić information content (AvgIpc) is 2.22. The van der Waals surface area contributed by atoms with E-state index in [2.05, 4.69) is 27.7 Å². The molecule has 94 valence electrons. The van der Waals surface area contributed by atoms with Gasteiger partial charge in [-0.25, -0.2) is 0 Å². The monoisotopic (exact) mass is 222 g/mol. The maximum Gasteiger partial charge on any atom is -0.0261 e. The molecule has 0 aliphatic heterocycles. The van der Waals surface area contributed by atoms with Crippen LogP contribution in [0.5, 0.6) is 0 Å². The van der Waals surface area contributed by atoms with Crippen LogP contribution in [0.1, 0.15) is 72.6 Å². The smallest absolute Gasteiger partial charge is 0.0261 e. The van der Waals surface area contributed by atoms with Gasteiger partial charge in [0.1, 0.15) is 0 Å². The van der Waals surface area contributed by atoms with Gasteiger partial charge in [-0.3, -0.25) is 0 Å². The minimum Gasteiger partial charge on any atom is -0.0654 e. The molecule has 3 unspecified atom stereocenters. The van der Waals surface area contributed by atoms with Gasteiger partial charge in [-0.15, -0.1) is 0 Å². The molecule has 0 saturated heterocycles. The molecule has 0 amide bonds. The third-order valence-corrected chi connectivity index (χ3v) is 5.61. The number of rotatable bonds is 5. The molecule has 0 aromatic carbocycles. The summed E-state index contributed by atoms with van der Waals surface area (Å²) in [5.74, 6) is 4.11. The summed E-state index contributed by atoms with van der Waals surface area (Å²) in [6.45, 7) is 9.74. The lowest BCUT2D eigenvalue weighted by Crippen LogP contribution is -2.54. The lowest BCUT2D eigenvalue weighted by atomic mass is 9.42. The molecule has 0 N–H and O–H groups in total. The summed E-state index contributed by atoms with van der Waals surface area (Å²) in [6.07, 6.45) is 10.4. The normalized spacial score (nSPS) is 43.9. The van der Waals surface area contributed by atoms with Gasteiger partial charge in [-0.2, -0.15) is 0 Å². The van der Waals surface area contributed by atoms with Crippen LogP contribution >= 0.6 is 0 Å². The zero-order chi connectivity index (χ0) is 11.8. The third-order valence-electron chi connectivity index (χ3n) is 5.61. The van der Waals surface area contributed by atoms with Gasteiger partial charge in [0.2, 0.25) is 0 Å². The second-order valence-electron chi connectivity index (χ2n) is 7.11. The van der Waals surface area contributed by atoms with E-state index in [0.717, 1.165) is 29.1 Å². The number of hydrogen-bond acceptors (Lipinski definition) is 0. The molecule has 1 spiro atoms. The molecule has 0 heterocycles. The van der Waals surface area contributed by atoms with E-state index >= 15 is 0 Å². The van der Waals surface area contributed by atoms with Gasteiger partial charge in [-0.05, 0) is 54.8 Å². The Morgan fingerprint density at radius 2 is 1.88 bits per heavy atom. The first-order valence-electron chi connectivity index (χ1n) is 7.57. The highest BCUT2D eigenvalue weighted by atomic mass is 14.6. The molecule has 0 heteroatoms. The SMILES string of the molecule is CCCCC(C)CC1CC2(CC(C)C2)C1C. The molecular weight excluding hydrogens is 192 g/mol. The summed E-state index contributed by atoms with van der Waals surface area (Å²) < 4.78 is 0. The fraction of sp³-hybridized carbons (Fsp3) is 1.00. The van der Waals surface area contributed by atoms with E-state index < -0.39 is 0 Å². The minimum absolute atomic E-state index is 0.828. The van der Waals surface area contributed by atoms with Crippen LogP contribution in [-0.2, 0) is 0 Å². The Morgan fingerprint density at radius 3 is 2.38 bits per heavy atom. The number of unbranched alkanes of at least 4 members (excludes halogenated alkanes) is 1. The summed E-state index contributed by atoms with van der Waals surface area (Å²) in [5.41, 5.74) is 0.828. The summed E-state index contributed by atoms with van der Waals surface area (Å²) in [7, 11) is 0. The Kier molecular flexibility index (Phi) is 3.66. The highest BCUT2D eigenvalue weighted by molar-refractivity contribution is 5.06. The van der Waals surface area contributed by atoms with Gasteiger partial charge in [0.25, 0.3) is 0 Å². The lowest BCUT2D eigenvalue weighted by Gasteiger charge is -2.63. The molecule has 2 aliphatic carbocycles. The predicted molar refractivity (Wildman–Crippen MR) is 71.4 cm³/mol. The summed E-state index contributed by atoms with van der Waals surface area (Å²) in [6, 6.07) is 0. The molecular formula is C16H30. The van der Waals surface area contributed by atoms with Gasteiger partial charge in [-0.1, -0.05) is 47.0 Å². The van der Waals surface area contributed by atoms with Crippen LogP contribution in [0.15, 0.2) is 0 Å². The zero-order valence-corrected chi connectivity index (χ0v) is 11.8. The Bertz CT molecular complexity index is 224. The van der Waals surface area contributed by atoms with Crippen molar-refractivity contribution in [1.82, 2.24) is 0 Å². The summed E-state index contributed by atoms with van der Waals surface area (Å²) >= 11 is 0. The summed E-state index contributed by atoms with van der Waals surface area (Å²) in [5, 5.41) is 0. The van der Waals surface area contributed by atoms with Gasteiger partial charge in [0.15, 0.2) is 0 Å². The van der Waals surface area contributed by atoms with E-state index in [4.69, 9.17) is 0 Å². The van der Waals surface area contributed by atoms with E-state index in [0.29, 0.717) is 0 Å². The van der Waals surface area contributed by atoms with Crippen molar-refractivity contribution in [3.63, 3.8) is 0 Å². The highest BCUT2D eigenvalue weighted by Crippen LogP contribution is 2.65. The van der Waals surface area contributed by atoms with Crippen LogP contribution in [0, 0.1) is 29.1 Å². The van der Waals surface area contributed by atoms with Gasteiger partial charge >= 0.3 is 0 Å². The second-order valence-corrected chi connectivity index (χ2v) is 7.11. The molecule has 0 bridgehead atoms. The van der Waals surface area contributed by atoms with Crippen molar-refractivity contribution in [3.8, 4) is 0 Å². The number of hydrogen-bond donors (Lipinski definition) is 0. The highest BCUT2D eigenvalue weighted by Gasteiger charge is 2.56. The minimum atomic E-state index is 0.828. The van der Waals surface area contributed by atoms with Crippen molar-refractivity contribution in [2.45, 2.75) is 72.6 Å². The first kappa shape index (κ1) is 12.5. The topological polar surface area (TPSA) is 0 Å². The Hall–Kier alpha value is 0. The van der Waals surface area contributed by atoms with Crippen LogP contribution in [-0.4, -0.2) is 0 Å². The zero-order valence-electron chi connectivity index (χ0n) is 11.8. The molecule has 2 fully saturated rings. The average molecular weight is 222 g/mol. The molecule has 0 radical (unpaired) electrons. The van der Waals surface area contributed by atoms with E-state index in [1.54, 1.807) is 6.42 Å². The Balaban J connectivity index is 1.70. The van der Waals surface area contributed by atoms with Crippen molar-refractivity contribution in [1.29, 1.82) is 0 Å². The molecule has 0 aromatic rings. The Labute approximate surface area is 102 Å². The largest absolute Gasteiger partial charge is 0.0654 e. The van der Waals surface area contributed by atoms with Crippen molar-refractivity contribution in [2.24, 2.45) is 29.1 Å². The van der Waals surface area contributed by atoms with Crippen LogP contribution in [0.25, 0.3) is 0 Å². The van der Waals surface area contributed by atoms with Crippen molar-refractivity contribution >= 4 is 0 Å². The first-order chi connectivity index (χ1) is 7.57. The van der Waals surface area contributed by atoms with Crippen LogP contribution < -0.4 is 0 Å². The first-order valence-corrected chi connectivity index (χ1v) is 7.57. The van der Waals surface area contributed by atoms with Crippen LogP contribution in [0.4, 0.5) is 0 Å². The van der Waals surface area contributed by atoms with Crippen LogP contribution in [0.3, 0.4) is 0 Å². The van der Waals surface area contributed by atoms with Crippen LogP contribution in [0.2, 0.25) is 0 Å². The van der Waals surface area contributed by atoms with E-state index in [1.807, 2.05) is 0 Å². The molecule has 0 aromatic heterocycles. The maximum atomic E-state index is 2.53. The maximum absolute atomic E-state index is 2.53. The quantitative estimate of drug-likeness (QED) is 0.594. The molecule has 16 heavy (non-hydrogen) atoms. The standard InChI is InChI=1S/C16H30/c1-5-6-7-12(2)8-15-11-16(14(15)4)9-13(3)10-16/h12-15H,5-11H2,1-4H3. The fourth-order valence-corrected chi connectivity index (χ4v) is 4.57.